The van der Waals surface area contributed by atoms with Gasteiger partial charge in [-0.2, -0.15) is 0 Å². The Kier molecular flexibility index (Phi) is 6.07. The third-order valence-electron chi connectivity index (χ3n) is 5.70. The van der Waals surface area contributed by atoms with E-state index in [9.17, 15) is 13.2 Å². The summed E-state index contributed by atoms with van der Waals surface area (Å²) in [5.74, 6) is 1.51. The van der Waals surface area contributed by atoms with E-state index in [0.717, 1.165) is 31.5 Å². The molecule has 2 heterocycles. The van der Waals surface area contributed by atoms with E-state index in [1.165, 1.54) is 31.0 Å². The first-order valence-corrected chi connectivity index (χ1v) is 12.8. The van der Waals surface area contributed by atoms with Gasteiger partial charge in [0.1, 0.15) is 11.6 Å². The second-order valence-corrected chi connectivity index (χ2v) is 10.4. The van der Waals surface area contributed by atoms with Gasteiger partial charge < -0.3 is 9.72 Å². The van der Waals surface area contributed by atoms with Gasteiger partial charge in [-0.1, -0.05) is 25.7 Å². The van der Waals surface area contributed by atoms with Crippen molar-refractivity contribution in [1.29, 1.82) is 0 Å². The van der Waals surface area contributed by atoms with Crippen LogP contribution in [0.3, 0.4) is 0 Å². The average Bonchev–Trinajstić information content (AvgIpc) is 2.89. The first-order valence-electron chi connectivity index (χ1n) is 10.5. The van der Waals surface area contributed by atoms with Gasteiger partial charge in [-0.25, -0.2) is 17.9 Å². The fraction of sp³-hybridized carbons (Fsp3) is 0.476. The van der Waals surface area contributed by atoms with Crippen molar-refractivity contribution in [2.75, 3.05) is 6.61 Å². The molecule has 31 heavy (non-hydrogen) atoms. The SMILES string of the molecule is CCOc1ccc(S(=O)(=O)Cl)c(-c2nn3c(C4CCCCCC4)nc(C)c3c(=O)[nH]2)c1. The van der Waals surface area contributed by atoms with E-state index in [-0.39, 0.29) is 27.8 Å². The Morgan fingerprint density at radius 3 is 2.58 bits per heavy atom. The molecule has 3 aromatic rings. The van der Waals surface area contributed by atoms with Gasteiger partial charge in [0.2, 0.25) is 0 Å². The molecule has 8 nitrogen and oxygen atoms in total. The van der Waals surface area contributed by atoms with E-state index in [2.05, 4.69) is 15.1 Å². The number of aromatic amines is 1. The molecular weight excluding hydrogens is 440 g/mol. The Labute approximate surface area is 185 Å². The third-order valence-corrected chi connectivity index (χ3v) is 7.08. The van der Waals surface area contributed by atoms with Crippen LogP contribution in [0, 0.1) is 6.92 Å². The van der Waals surface area contributed by atoms with Crippen molar-refractivity contribution < 1.29 is 13.2 Å². The predicted molar refractivity (Wildman–Crippen MR) is 118 cm³/mol. The zero-order valence-corrected chi connectivity index (χ0v) is 19.1. The molecule has 0 amide bonds. The minimum Gasteiger partial charge on any atom is -0.494 e. The van der Waals surface area contributed by atoms with Gasteiger partial charge in [0.15, 0.2) is 11.3 Å². The zero-order valence-electron chi connectivity index (χ0n) is 17.5. The Balaban J connectivity index is 1.94. The van der Waals surface area contributed by atoms with Gasteiger partial charge in [-0.15, -0.1) is 5.10 Å². The van der Waals surface area contributed by atoms with Crippen molar-refractivity contribution in [2.45, 2.75) is 63.2 Å². The normalized spacial score (nSPS) is 15.8. The maximum absolute atomic E-state index is 13.0. The molecule has 0 atom stereocenters. The monoisotopic (exact) mass is 464 g/mol. The number of hydrogen-bond acceptors (Lipinski definition) is 6. The molecule has 0 unspecified atom stereocenters. The number of imidazole rings is 1. The number of nitrogens with zero attached hydrogens (tertiary/aromatic N) is 3. The summed E-state index contributed by atoms with van der Waals surface area (Å²) >= 11 is 0. The molecule has 0 aliphatic heterocycles. The van der Waals surface area contributed by atoms with Gasteiger partial charge in [0.25, 0.3) is 14.6 Å². The summed E-state index contributed by atoms with van der Waals surface area (Å²) in [6, 6.07) is 4.41. The van der Waals surface area contributed by atoms with Crippen LogP contribution < -0.4 is 10.3 Å². The summed E-state index contributed by atoms with van der Waals surface area (Å²) in [7, 11) is 1.59. The molecular formula is C21H25ClN4O4S. The summed E-state index contributed by atoms with van der Waals surface area (Å²) in [5, 5.41) is 4.63. The molecule has 1 aliphatic rings. The van der Waals surface area contributed by atoms with Crippen molar-refractivity contribution in [3.05, 3.63) is 40.1 Å². The lowest BCUT2D eigenvalue weighted by Crippen LogP contribution is -2.17. The first kappa shape index (κ1) is 21.8. The van der Waals surface area contributed by atoms with Crippen LogP contribution in [-0.4, -0.2) is 34.6 Å². The molecule has 0 bridgehead atoms. The van der Waals surface area contributed by atoms with Crippen LogP contribution in [0.2, 0.25) is 0 Å². The fourth-order valence-corrected chi connectivity index (χ4v) is 5.33. The number of rotatable bonds is 5. The summed E-state index contributed by atoms with van der Waals surface area (Å²) in [6.07, 6.45) is 6.59. The lowest BCUT2D eigenvalue weighted by Gasteiger charge is -2.13. The summed E-state index contributed by atoms with van der Waals surface area (Å²) in [4.78, 5) is 20.2. The van der Waals surface area contributed by atoms with Crippen molar-refractivity contribution in [3.63, 3.8) is 0 Å². The van der Waals surface area contributed by atoms with E-state index >= 15 is 0 Å². The molecule has 1 aliphatic carbocycles. The highest BCUT2D eigenvalue weighted by Crippen LogP contribution is 2.33. The Bertz CT molecular complexity index is 1270. The van der Waals surface area contributed by atoms with Crippen molar-refractivity contribution in [2.24, 2.45) is 0 Å². The maximum Gasteiger partial charge on any atom is 0.277 e. The Hall–Kier alpha value is -2.39. The maximum atomic E-state index is 13.0. The number of aromatic nitrogens is 4. The second-order valence-electron chi connectivity index (χ2n) is 7.84. The standard InChI is InChI=1S/C21H25ClN4O4S/c1-3-30-15-10-11-17(31(22,28)29)16(12-15)19-24-21(27)18-13(2)23-20(26(18)25-19)14-8-6-4-5-7-9-14/h10-12,14H,3-9H2,1-2H3,(H,24,25,27). The summed E-state index contributed by atoms with van der Waals surface area (Å²) in [6.45, 7) is 4.02. The van der Waals surface area contributed by atoms with Gasteiger partial charge in [-0.05, 0) is 44.9 Å². The van der Waals surface area contributed by atoms with Gasteiger partial charge >= 0.3 is 0 Å². The molecule has 0 radical (unpaired) electrons. The van der Waals surface area contributed by atoms with E-state index in [0.29, 0.717) is 23.6 Å². The number of aryl methyl sites for hydroxylation is 1. The largest absolute Gasteiger partial charge is 0.494 e. The second kappa shape index (κ2) is 8.63. The van der Waals surface area contributed by atoms with Crippen molar-refractivity contribution >= 4 is 25.2 Å². The molecule has 4 rings (SSSR count). The fourth-order valence-electron chi connectivity index (χ4n) is 4.28. The number of nitrogens with one attached hydrogen (secondary N) is 1. The number of hydrogen-bond donors (Lipinski definition) is 1. The van der Waals surface area contributed by atoms with E-state index in [1.54, 1.807) is 11.4 Å². The van der Waals surface area contributed by atoms with Crippen LogP contribution >= 0.6 is 10.7 Å². The molecule has 166 valence electrons. The molecule has 10 heteroatoms. The summed E-state index contributed by atoms with van der Waals surface area (Å²) < 4.78 is 31.5. The molecule has 2 aromatic heterocycles. The number of H-pyrrole nitrogens is 1. The quantitative estimate of drug-likeness (QED) is 0.449. The van der Waals surface area contributed by atoms with Crippen molar-refractivity contribution in [3.8, 4) is 17.1 Å². The third kappa shape index (κ3) is 4.34. The van der Waals surface area contributed by atoms with E-state index < -0.39 is 9.05 Å². The van der Waals surface area contributed by atoms with Crippen LogP contribution in [0.1, 0.15) is 62.9 Å². The number of fused-ring (bicyclic) bond motifs is 1. The van der Waals surface area contributed by atoms with Crippen LogP contribution in [0.4, 0.5) is 0 Å². The smallest absolute Gasteiger partial charge is 0.277 e. The van der Waals surface area contributed by atoms with Gasteiger partial charge in [0, 0.05) is 22.2 Å². The highest BCUT2D eigenvalue weighted by atomic mass is 35.7. The van der Waals surface area contributed by atoms with Crippen LogP contribution in [0.5, 0.6) is 5.75 Å². The zero-order chi connectivity index (χ0) is 22.2. The average molecular weight is 465 g/mol. The number of halogens is 1. The van der Waals surface area contributed by atoms with Crippen LogP contribution in [-0.2, 0) is 9.05 Å². The van der Waals surface area contributed by atoms with E-state index in [4.69, 9.17) is 15.4 Å². The molecule has 1 fully saturated rings. The lowest BCUT2D eigenvalue weighted by atomic mass is 10.00. The number of ether oxygens (including phenoxy) is 1. The highest BCUT2D eigenvalue weighted by molar-refractivity contribution is 8.13. The van der Waals surface area contributed by atoms with Gasteiger partial charge in [-0.3, -0.25) is 4.79 Å². The lowest BCUT2D eigenvalue weighted by molar-refractivity contribution is 0.340. The van der Waals surface area contributed by atoms with Crippen LogP contribution in [0.25, 0.3) is 16.9 Å². The molecule has 1 N–H and O–H groups in total. The Morgan fingerprint density at radius 2 is 1.94 bits per heavy atom. The highest BCUT2D eigenvalue weighted by Gasteiger charge is 2.25. The van der Waals surface area contributed by atoms with Crippen LogP contribution in [0.15, 0.2) is 27.9 Å². The predicted octanol–water partition coefficient (Wildman–Crippen LogP) is 4.16. The topological polar surface area (TPSA) is 106 Å². The van der Waals surface area contributed by atoms with E-state index in [1.807, 2.05) is 6.92 Å². The minimum absolute atomic E-state index is 0.102. The first-order chi connectivity index (χ1) is 14.8. The minimum atomic E-state index is -4.08. The number of benzene rings is 1. The Morgan fingerprint density at radius 1 is 1.23 bits per heavy atom. The summed E-state index contributed by atoms with van der Waals surface area (Å²) in [5.41, 5.74) is 0.778. The molecule has 1 aromatic carbocycles. The van der Waals surface area contributed by atoms with Crippen molar-refractivity contribution in [1.82, 2.24) is 19.6 Å². The molecule has 0 spiro atoms. The molecule has 0 saturated heterocycles. The van der Waals surface area contributed by atoms with Gasteiger partial charge in [0.05, 0.1) is 17.2 Å². The molecule has 1 saturated carbocycles.